The van der Waals surface area contributed by atoms with E-state index in [0.29, 0.717) is 6.54 Å². The van der Waals surface area contributed by atoms with Crippen molar-refractivity contribution in [2.45, 2.75) is 46.1 Å². The molecule has 1 aliphatic rings. The number of carbonyl (C=O) groups excluding carboxylic acids is 2. The number of amides is 2. The summed E-state index contributed by atoms with van der Waals surface area (Å²) >= 11 is 0. The second-order valence-electron chi connectivity index (χ2n) is 6.39. The standard InChI is InChI=1S/C13H24N2O3/c1-12(2)5-10(15-11(17)18-4)6-13(3,7-12)8-14-9-16/h9-10H,5-8H2,1-4H3,(H,14,16)(H,15,17). The van der Waals surface area contributed by atoms with Gasteiger partial charge in [-0.1, -0.05) is 20.8 Å². The van der Waals surface area contributed by atoms with Gasteiger partial charge in [-0.2, -0.15) is 0 Å². The van der Waals surface area contributed by atoms with Crippen LogP contribution in [0, 0.1) is 10.8 Å². The van der Waals surface area contributed by atoms with Gasteiger partial charge in [0.2, 0.25) is 6.41 Å². The molecule has 104 valence electrons. The first-order valence-corrected chi connectivity index (χ1v) is 6.32. The second kappa shape index (κ2) is 5.59. The lowest BCUT2D eigenvalue weighted by molar-refractivity contribution is -0.110. The van der Waals surface area contributed by atoms with Gasteiger partial charge in [0.15, 0.2) is 0 Å². The Balaban J connectivity index is 2.71. The minimum Gasteiger partial charge on any atom is -0.453 e. The van der Waals surface area contributed by atoms with Crippen molar-refractivity contribution in [1.82, 2.24) is 10.6 Å². The van der Waals surface area contributed by atoms with Crippen LogP contribution in [0.2, 0.25) is 0 Å². The maximum atomic E-state index is 11.3. The molecule has 2 N–H and O–H groups in total. The molecule has 1 rings (SSSR count). The van der Waals surface area contributed by atoms with E-state index in [1.54, 1.807) is 0 Å². The fraction of sp³-hybridized carbons (Fsp3) is 0.846. The van der Waals surface area contributed by atoms with E-state index in [1.165, 1.54) is 7.11 Å². The van der Waals surface area contributed by atoms with Crippen LogP contribution in [0.3, 0.4) is 0 Å². The fourth-order valence-electron chi connectivity index (χ4n) is 3.38. The molecule has 5 nitrogen and oxygen atoms in total. The maximum Gasteiger partial charge on any atom is 0.407 e. The minimum atomic E-state index is -0.386. The van der Waals surface area contributed by atoms with Crippen LogP contribution in [-0.4, -0.2) is 32.2 Å². The fourth-order valence-corrected chi connectivity index (χ4v) is 3.38. The van der Waals surface area contributed by atoms with Gasteiger partial charge in [-0.05, 0) is 30.1 Å². The van der Waals surface area contributed by atoms with E-state index in [1.807, 2.05) is 0 Å². The molecule has 1 fully saturated rings. The van der Waals surface area contributed by atoms with Gasteiger partial charge in [-0.3, -0.25) is 4.79 Å². The number of nitrogens with one attached hydrogen (secondary N) is 2. The van der Waals surface area contributed by atoms with Crippen LogP contribution >= 0.6 is 0 Å². The normalized spacial score (nSPS) is 30.3. The molecule has 0 heterocycles. The van der Waals surface area contributed by atoms with Crippen molar-refractivity contribution in [1.29, 1.82) is 0 Å². The van der Waals surface area contributed by atoms with Crippen molar-refractivity contribution in [3.05, 3.63) is 0 Å². The molecule has 5 heteroatoms. The highest BCUT2D eigenvalue weighted by molar-refractivity contribution is 5.67. The van der Waals surface area contributed by atoms with E-state index >= 15 is 0 Å². The Labute approximate surface area is 109 Å². The summed E-state index contributed by atoms with van der Waals surface area (Å²) in [6.07, 6.45) is 3.16. The van der Waals surface area contributed by atoms with Gasteiger partial charge < -0.3 is 15.4 Å². The highest BCUT2D eigenvalue weighted by atomic mass is 16.5. The summed E-state index contributed by atoms with van der Waals surface area (Å²) in [4.78, 5) is 21.8. The van der Waals surface area contributed by atoms with Crippen LogP contribution in [0.4, 0.5) is 4.79 Å². The average Bonchev–Trinajstić information content (AvgIpc) is 2.23. The Morgan fingerprint density at radius 2 is 2.06 bits per heavy atom. The highest BCUT2D eigenvalue weighted by Gasteiger charge is 2.41. The molecule has 1 saturated carbocycles. The van der Waals surface area contributed by atoms with Crippen LogP contribution < -0.4 is 10.6 Å². The average molecular weight is 256 g/mol. The third kappa shape index (κ3) is 4.20. The van der Waals surface area contributed by atoms with Crippen molar-refractivity contribution in [3.8, 4) is 0 Å². The first-order chi connectivity index (χ1) is 8.30. The Morgan fingerprint density at radius 1 is 1.39 bits per heavy atom. The van der Waals surface area contributed by atoms with Crippen molar-refractivity contribution in [2.24, 2.45) is 10.8 Å². The van der Waals surface area contributed by atoms with Crippen LogP contribution in [0.1, 0.15) is 40.0 Å². The van der Waals surface area contributed by atoms with Crippen molar-refractivity contribution >= 4 is 12.5 Å². The van der Waals surface area contributed by atoms with Crippen LogP contribution in [0.5, 0.6) is 0 Å². The first kappa shape index (κ1) is 14.8. The van der Waals surface area contributed by atoms with Crippen LogP contribution in [-0.2, 0) is 9.53 Å². The molecular formula is C13H24N2O3. The third-order valence-corrected chi connectivity index (χ3v) is 3.56. The number of ether oxygens (including phenoxy) is 1. The van der Waals surface area contributed by atoms with E-state index in [2.05, 4.69) is 36.1 Å². The zero-order valence-corrected chi connectivity index (χ0v) is 11.7. The molecule has 0 aromatic rings. The Bertz CT molecular complexity index is 317. The molecule has 2 atom stereocenters. The number of methoxy groups -OCH3 is 1. The lowest BCUT2D eigenvalue weighted by Gasteiger charge is -2.46. The van der Waals surface area contributed by atoms with Gasteiger partial charge in [0.05, 0.1) is 7.11 Å². The highest BCUT2D eigenvalue weighted by Crippen LogP contribution is 2.45. The number of hydrogen-bond acceptors (Lipinski definition) is 3. The van der Waals surface area contributed by atoms with Crippen molar-refractivity contribution in [2.75, 3.05) is 13.7 Å². The lowest BCUT2D eigenvalue weighted by atomic mass is 9.62. The molecule has 18 heavy (non-hydrogen) atoms. The summed E-state index contributed by atoms with van der Waals surface area (Å²) in [5.41, 5.74) is 0.150. The van der Waals surface area contributed by atoms with Crippen LogP contribution in [0.15, 0.2) is 0 Å². The van der Waals surface area contributed by atoms with E-state index < -0.39 is 0 Å². The molecule has 0 aromatic heterocycles. The molecule has 2 unspecified atom stereocenters. The van der Waals surface area contributed by atoms with Gasteiger partial charge in [-0.15, -0.1) is 0 Å². The van der Waals surface area contributed by atoms with Gasteiger partial charge >= 0.3 is 6.09 Å². The lowest BCUT2D eigenvalue weighted by Crippen LogP contribution is -2.49. The molecule has 0 aliphatic heterocycles. The van der Waals surface area contributed by atoms with E-state index in [0.717, 1.165) is 25.7 Å². The number of alkyl carbamates (subject to hydrolysis) is 1. The molecule has 0 saturated heterocycles. The van der Waals surface area contributed by atoms with Gasteiger partial charge in [0.1, 0.15) is 0 Å². The molecule has 0 aromatic carbocycles. The summed E-state index contributed by atoms with van der Waals surface area (Å²) in [5.74, 6) is 0. The number of carbonyl (C=O) groups is 2. The van der Waals surface area contributed by atoms with Gasteiger partial charge in [-0.25, -0.2) is 4.79 Å². The topological polar surface area (TPSA) is 67.4 Å². The zero-order chi connectivity index (χ0) is 13.8. The van der Waals surface area contributed by atoms with E-state index in [4.69, 9.17) is 0 Å². The summed E-state index contributed by atoms with van der Waals surface area (Å²) in [6.45, 7) is 7.17. The molecule has 1 aliphatic carbocycles. The van der Waals surface area contributed by atoms with Crippen molar-refractivity contribution < 1.29 is 14.3 Å². The van der Waals surface area contributed by atoms with Crippen LogP contribution in [0.25, 0.3) is 0 Å². The van der Waals surface area contributed by atoms with Gasteiger partial charge in [0.25, 0.3) is 0 Å². The Hall–Kier alpha value is -1.26. The molecule has 0 spiro atoms. The van der Waals surface area contributed by atoms with Gasteiger partial charge in [0, 0.05) is 12.6 Å². The third-order valence-electron chi connectivity index (χ3n) is 3.56. The molecule has 0 radical (unpaired) electrons. The predicted molar refractivity (Wildman–Crippen MR) is 69.1 cm³/mol. The molecule has 2 amide bonds. The SMILES string of the molecule is COC(=O)NC1CC(C)(C)CC(C)(CNC=O)C1. The largest absolute Gasteiger partial charge is 0.453 e. The number of rotatable bonds is 4. The summed E-state index contributed by atoms with van der Waals surface area (Å²) in [6, 6.07) is 0.0969. The number of hydrogen-bond donors (Lipinski definition) is 2. The summed E-state index contributed by atoms with van der Waals surface area (Å²) in [7, 11) is 1.37. The smallest absolute Gasteiger partial charge is 0.407 e. The molecular weight excluding hydrogens is 232 g/mol. The monoisotopic (exact) mass is 256 g/mol. The predicted octanol–water partition coefficient (Wildman–Crippen LogP) is 1.67. The molecule has 0 bridgehead atoms. The Kier molecular flexibility index (Phi) is 4.59. The Morgan fingerprint density at radius 3 is 2.61 bits per heavy atom. The van der Waals surface area contributed by atoms with E-state index in [-0.39, 0.29) is 23.0 Å². The maximum absolute atomic E-state index is 11.3. The first-order valence-electron chi connectivity index (χ1n) is 6.32. The second-order valence-corrected chi connectivity index (χ2v) is 6.39. The van der Waals surface area contributed by atoms with E-state index in [9.17, 15) is 9.59 Å². The summed E-state index contributed by atoms with van der Waals surface area (Å²) in [5, 5.41) is 5.64. The quantitative estimate of drug-likeness (QED) is 0.752. The zero-order valence-electron chi connectivity index (χ0n) is 11.7. The minimum absolute atomic E-state index is 0.00828. The van der Waals surface area contributed by atoms with Crippen molar-refractivity contribution in [3.63, 3.8) is 0 Å². The summed E-state index contributed by atoms with van der Waals surface area (Å²) < 4.78 is 4.65.